The average molecular weight is 1770 g/mol. The lowest BCUT2D eigenvalue weighted by Gasteiger charge is -2.44. The SMILES string of the molecule is CC(C)(C)OC(=O)N1CC[C@@H](c2ccc(F)c(F)c2)[C@H](C(=O)O)C1.CC(C)(C)OC(=O)N1CC[C@@H](c2ccc(F)c(F)c2)[C@H](CO)C1.COC(=O)CC(=O)NC(=O)OC(C)(C)C.COC(=O)[C@@H]1C(=O)N(C(=O)OC(C)(C)C)C(O)=C[C@H]1c1ccc(F)c(F)c1.C[Si](C)(C)OC(c1ccccc1)(c1ccccc1)[C@@H]1CCCN1.O=C/C=C/c1ccc(F)c(F)c1.[B]. The zero-order chi connectivity index (χ0) is 93.2. The number of nitrogens with one attached hydrogen (secondary N) is 2. The molecule has 4 heterocycles. The zero-order valence-electron chi connectivity index (χ0n) is 73.1. The quantitative estimate of drug-likeness (QED) is 0.0121. The summed E-state index contributed by atoms with van der Waals surface area (Å²) >= 11 is 0. The van der Waals surface area contributed by atoms with Crippen LogP contribution >= 0.6 is 0 Å². The number of carbonyl (C=O) groups is 10. The van der Waals surface area contributed by atoms with Gasteiger partial charge in [0.1, 0.15) is 46.6 Å². The van der Waals surface area contributed by atoms with Crippen LogP contribution in [-0.4, -0.2) is 189 Å². The summed E-state index contributed by atoms with van der Waals surface area (Å²) in [4.78, 5) is 119. The molecule has 10 rings (SSSR count). The van der Waals surface area contributed by atoms with Crippen LogP contribution in [0.3, 0.4) is 0 Å². The monoisotopic (exact) mass is 1770 g/mol. The number of aliphatic hydroxyl groups is 2. The number of allylic oxidation sites excluding steroid dienone is 2. The second-order valence-electron chi connectivity index (χ2n) is 34.1. The van der Waals surface area contributed by atoms with E-state index < -0.39 is 173 Å². The molecular formula is C90H111BF8N5O20Si. The summed E-state index contributed by atoms with van der Waals surface area (Å²) in [5.74, 6) is -17.8. The highest BCUT2D eigenvalue weighted by Gasteiger charge is 2.49. The van der Waals surface area contributed by atoms with Crippen LogP contribution in [0.15, 0.2) is 151 Å². The van der Waals surface area contributed by atoms with Crippen molar-refractivity contribution in [3.8, 4) is 0 Å². The fourth-order valence-corrected chi connectivity index (χ4v) is 14.8. The Hall–Kier alpha value is -11.3. The normalized spacial score (nSPS) is 18.3. The molecule has 5 N–H and O–H groups in total. The Labute approximate surface area is 725 Å². The van der Waals surface area contributed by atoms with Gasteiger partial charge in [0.2, 0.25) is 5.91 Å². The van der Waals surface area contributed by atoms with Crippen LogP contribution in [-0.2, 0) is 67.2 Å². The zero-order valence-corrected chi connectivity index (χ0v) is 74.1. The Kier molecular flexibility index (Phi) is 40.0. The number of ether oxygens (including phenoxy) is 6. The summed E-state index contributed by atoms with van der Waals surface area (Å²) in [5, 5.41) is 34.9. The third-order valence-corrected chi connectivity index (χ3v) is 19.6. The van der Waals surface area contributed by atoms with Gasteiger partial charge in [0.05, 0.1) is 20.1 Å². The highest BCUT2D eigenvalue weighted by atomic mass is 28.4. The number of alkyl carbamates (subject to hydrolysis) is 1. The van der Waals surface area contributed by atoms with E-state index in [1.807, 2.05) is 5.32 Å². The summed E-state index contributed by atoms with van der Waals surface area (Å²) in [5.41, 5.74) is 0.788. The summed E-state index contributed by atoms with van der Waals surface area (Å²) < 4.78 is 141. The lowest BCUT2D eigenvalue weighted by atomic mass is 9.79. The molecule has 0 aliphatic carbocycles. The van der Waals surface area contributed by atoms with Gasteiger partial charge in [0.25, 0.3) is 5.91 Å². The van der Waals surface area contributed by atoms with Crippen LogP contribution in [0.4, 0.5) is 54.3 Å². The Bertz CT molecular complexity index is 4690. The lowest BCUT2D eigenvalue weighted by Crippen LogP contribution is -2.53. The van der Waals surface area contributed by atoms with E-state index in [4.69, 9.17) is 23.4 Å². The molecule has 4 aliphatic rings. The van der Waals surface area contributed by atoms with E-state index in [0.717, 1.165) is 75.7 Å². The molecule has 3 radical (unpaired) electrons. The number of aliphatic hydroxyl groups excluding tert-OH is 2. The molecular weight excluding hydrogens is 1660 g/mol. The van der Waals surface area contributed by atoms with Gasteiger partial charge in [0.15, 0.2) is 60.7 Å². The molecule has 6 aromatic carbocycles. The minimum Gasteiger partial charge on any atom is -0.494 e. The molecule has 4 aliphatic heterocycles. The van der Waals surface area contributed by atoms with Gasteiger partial charge in [-0.1, -0.05) is 91.0 Å². The molecule has 35 heteroatoms. The van der Waals surface area contributed by atoms with Crippen LogP contribution in [0.25, 0.3) is 6.08 Å². The van der Waals surface area contributed by atoms with Crippen molar-refractivity contribution in [2.24, 2.45) is 17.8 Å². The third kappa shape index (κ3) is 33.3. The maximum atomic E-state index is 13.6. The number of amides is 6. The van der Waals surface area contributed by atoms with Crippen LogP contribution in [0.5, 0.6) is 0 Å². The number of carbonyl (C=O) groups excluding carboxylic acids is 9. The van der Waals surface area contributed by atoms with Gasteiger partial charge in [-0.25, -0.2) is 54.3 Å². The first-order valence-corrected chi connectivity index (χ1v) is 43.1. The van der Waals surface area contributed by atoms with Gasteiger partial charge in [-0.2, -0.15) is 4.90 Å². The Morgan fingerprint density at radius 1 is 0.560 bits per heavy atom. The topological polar surface area (TPSA) is 330 Å². The number of hydrogen-bond acceptors (Lipinski definition) is 20. The molecule has 0 spiro atoms. The number of rotatable bonds is 15. The molecule has 25 nitrogen and oxygen atoms in total. The largest absolute Gasteiger partial charge is 0.494 e. The number of methoxy groups -OCH3 is 2. The van der Waals surface area contributed by atoms with Gasteiger partial charge >= 0.3 is 42.3 Å². The average Bonchev–Trinajstić information content (AvgIpc) is 1.75. The number of piperidine rings is 2. The van der Waals surface area contributed by atoms with Crippen molar-refractivity contribution >= 4 is 83.2 Å². The summed E-state index contributed by atoms with van der Waals surface area (Å²) in [6.07, 6.45) is 3.90. The summed E-state index contributed by atoms with van der Waals surface area (Å²) in [7, 11) is 0.426. The number of imide groups is 2. The van der Waals surface area contributed by atoms with Crippen molar-refractivity contribution in [3.05, 3.63) is 231 Å². The number of aldehydes is 1. The highest BCUT2D eigenvalue weighted by molar-refractivity contribution is 6.69. The first-order valence-electron chi connectivity index (χ1n) is 39.7. The molecule has 6 aromatic rings. The number of benzene rings is 6. The minimum atomic E-state index is -1.77. The van der Waals surface area contributed by atoms with Gasteiger partial charge in [0, 0.05) is 65.0 Å². The van der Waals surface area contributed by atoms with E-state index in [1.165, 1.54) is 64.9 Å². The first kappa shape index (κ1) is 106. The number of hydrogen-bond donors (Lipinski definition) is 5. The van der Waals surface area contributed by atoms with Crippen LogP contribution < -0.4 is 10.6 Å². The van der Waals surface area contributed by atoms with Crippen molar-refractivity contribution in [1.82, 2.24) is 25.3 Å². The second-order valence-corrected chi connectivity index (χ2v) is 38.5. The Morgan fingerprint density at radius 2 is 1.00 bits per heavy atom. The fraction of sp³-hybridized carbons (Fsp3) is 0.444. The van der Waals surface area contributed by atoms with Crippen LogP contribution in [0, 0.1) is 64.3 Å². The van der Waals surface area contributed by atoms with Crippen molar-refractivity contribution in [2.45, 2.75) is 187 Å². The molecule has 3 fully saturated rings. The van der Waals surface area contributed by atoms with Crippen molar-refractivity contribution in [3.63, 3.8) is 0 Å². The predicted molar refractivity (Wildman–Crippen MR) is 450 cm³/mol. The lowest BCUT2D eigenvalue weighted by molar-refractivity contribution is -0.155. The standard InChI is InChI=1S/C20H27NOSi.C18H19F2NO6.C17H21F2NO4.C17H23F2NO3.C9H6F2O.C9H15NO5.B/c1-23(2,3)22-20(19-15-10-16-21-19,17-11-6-4-7-12-17)18-13-8-5-9-14-18;1-18(2,3)27-17(25)21-13(22)8-10(14(15(21)23)16(24)26-4)9-5-6-11(19)12(20)7-9;1-17(2,3)24-16(23)20-7-6-11(12(9-20)15(21)22)10-4-5-13(18)14(19)8-10;1-17(2,3)23-16(22)20-7-6-13(12(9-20)10-21)11-4-5-14(18)15(19)8-11;10-8-4-3-7(2-1-5-12)6-9(8)11;1-9(2,3)15-8(13)10-6(11)5-7(12)14-4;/h4-9,11-14,19,21H,10,15-16H2,1-3H3;5-8,10,14,22H,1-4H3;4-5,8,11-12H,6-7,9H2,1-3H3,(H,21,22);4-5,8,12-13,21H,6-7,9-10H2,1-3H3;1-6H;5H2,1-4H3,(H,10,11,13);/b;;;;2-1+;;/t19-;10-,14-;11-,12+;12-,13-;;;/m0000.../s1. The van der Waals surface area contributed by atoms with Crippen molar-refractivity contribution in [2.75, 3.05) is 53.6 Å². The van der Waals surface area contributed by atoms with E-state index in [2.05, 4.69) is 95.1 Å². The Morgan fingerprint density at radius 3 is 1.42 bits per heavy atom. The second kappa shape index (κ2) is 47.1. The van der Waals surface area contributed by atoms with Crippen LogP contribution in [0.2, 0.25) is 19.6 Å². The first-order chi connectivity index (χ1) is 57.7. The molecule has 3 saturated heterocycles. The molecule has 125 heavy (non-hydrogen) atoms. The Balaban J connectivity index is 0.000000319. The number of halogens is 8. The highest BCUT2D eigenvalue weighted by Crippen LogP contribution is 2.44. The molecule has 0 unspecified atom stereocenters. The maximum absolute atomic E-state index is 13.6. The van der Waals surface area contributed by atoms with Crippen molar-refractivity contribution < 1.29 is 131 Å². The number of carboxylic acid groups (broad SMARTS) is 1. The third-order valence-electron chi connectivity index (χ3n) is 18.6. The van der Waals surface area contributed by atoms with E-state index >= 15 is 0 Å². The van der Waals surface area contributed by atoms with Gasteiger partial charge < -0.3 is 63.3 Å². The van der Waals surface area contributed by atoms with Gasteiger partial charge in [-0.3, -0.25) is 34.1 Å². The molecule has 0 bridgehead atoms. The number of likely N-dealkylation sites (tertiary alicyclic amines) is 2. The van der Waals surface area contributed by atoms with E-state index in [0.29, 0.717) is 66.4 Å². The van der Waals surface area contributed by atoms with E-state index in [1.54, 1.807) is 88.0 Å². The van der Waals surface area contributed by atoms with E-state index in [-0.39, 0.29) is 39.0 Å². The smallest absolute Gasteiger partial charge is 0.424 e. The minimum absolute atomic E-state index is 0. The van der Waals surface area contributed by atoms with E-state index in [9.17, 15) is 98.4 Å². The van der Waals surface area contributed by atoms with Crippen LogP contribution in [0.1, 0.15) is 166 Å². The number of esters is 2. The van der Waals surface area contributed by atoms with Gasteiger partial charge in [-0.05, 0) is 235 Å². The number of carboxylic acids is 1. The molecule has 0 aromatic heterocycles. The fourth-order valence-electron chi connectivity index (χ4n) is 13.4. The molecule has 7 atom stereocenters. The number of nitrogens with zero attached hydrogens (tertiary/aromatic N) is 3. The maximum Gasteiger partial charge on any atom is 0.424 e. The molecule has 0 saturated carbocycles. The predicted octanol–water partition coefficient (Wildman–Crippen LogP) is 16.6. The number of aliphatic carboxylic acids is 1. The van der Waals surface area contributed by atoms with Gasteiger partial charge in [-0.15, -0.1) is 0 Å². The summed E-state index contributed by atoms with van der Waals surface area (Å²) in [6, 6.07) is 35.3. The molecule has 6 amide bonds. The summed E-state index contributed by atoms with van der Waals surface area (Å²) in [6.45, 7) is 29.1. The van der Waals surface area contributed by atoms with Crippen molar-refractivity contribution in [1.29, 1.82) is 0 Å². The molecule has 679 valence electrons.